The molecule has 0 heterocycles. The summed E-state index contributed by atoms with van der Waals surface area (Å²) in [5.41, 5.74) is 4.29. The van der Waals surface area contributed by atoms with Crippen molar-refractivity contribution in [3.63, 3.8) is 0 Å². The molecule has 1 aliphatic carbocycles. The highest BCUT2D eigenvalue weighted by Gasteiger charge is 2.26. The molecule has 2 N–H and O–H groups in total. The molecule has 6 nitrogen and oxygen atoms in total. The summed E-state index contributed by atoms with van der Waals surface area (Å²) in [5, 5.41) is 9.83. The number of benzene rings is 2. The first-order chi connectivity index (χ1) is 14.3. The molecule has 1 atom stereocenters. The lowest BCUT2D eigenvalue weighted by Gasteiger charge is -2.28. The van der Waals surface area contributed by atoms with Gasteiger partial charge in [0.05, 0.1) is 12.0 Å². The molecule has 0 aromatic heterocycles. The number of halogens is 1. The molecule has 30 heavy (non-hydrogen) atoms. The van der Waals surface area contributed by atoms with Crippen LogP contribution in [0.1, 0.15) is 35.1 Å². The molecule has 0 saturated heterocycles. The summed E-state index contributed by atoms with van der Waals surface area (Å²) in [6, 6.07) is 9.95. The van der Waals surface area contributed by atoms with E-state index in [4.69, 9.17) is 16.3 Å². The van der Waals surface area contributed by atoms with E-state index < -0.39 is 10.0 Å². The summed E-state index contributed by atoms with van der Waals surface area (Å²) < 4.78 is 33.0. The highest BCUT2D eigenvalue weighted by atomic mass is 35.5. The van der Waals surface area contributed by atoms with Crippen molar-refractivity contribution in [2.45, 2.75) is 49.5 Å². The van der Waals surface area contributed by atoms with E-state index in [2.05, 4.69) is 4.72 Å². The number of carbonyl (C=O) groups is 1. The molecular weight excluding hydrogens is 426 g/mol. The van der Waals surface area contributed by atoms with E-state index in [-0.39, 0.29) is 29.9 Å². The van der Waals surface area contributed by atoms with E-state index in [9.17, 15) is 18.3 Å². The number of hydrogen-bond acceptors (Lipinski definition) is 5. The summed E-state index contributed by atoms with van der Waals surface area (Å²) in [6.07, 6.45) is 3.32. The number of aliphatic hydroxyl groups is 1. The number of ether oxygens (including phenoxy) is 1. The molecule has 0 fully saturated rings. The highest BCUT2D eigenvalue weighted by molar-refractivity contribution is 7.89. The molecule has 0 amide bonds. The maximum absolute atomic E-state index is 12.7. The molecule has 2 aromatic rings. The van der Waals surface area contributed by atoms with Gasteiger partial charge in [-0.25, -0.2) is 13.1 Å². The number of carbonyl (C=O) groups excluding carboxylic acids is 1. The third-order valence-electron chi connectivity index (χ3n) is 5.38. The number of methoxy groups -OCH3 is 1. The number of rotatable bonds is 8. The zero-order chi connectivity index (χ0) is 21.7. The van der Waals surface area contributed by atoms with Gasteiger partial charge in [0.25, 0.3) is 0 Å². The molecule has 0 bridgehead atoms. The van der Waals surface area contributed by atoms with Crippen LogP contribution in [-0.2, 0) is 45.2 Å². The van der Waals surface area contributed by atoms with Crippen molar-refractivity contribution in [2.24, 2.45) is 0 Å². The van der Waals surface area contributed by atoms with Crippen LogP contribution in [-0.4, -0.2) is 39.3 Å². The summed E-state index contributed by atoms with van der Waals surface area (Å²) in [4.78, 5) is 11.8. The summed E-state index contributed by atoms with van der Waals surface area (Å²) in [7, 11) is -2.27. The van der Waals surface area contributed by atoms with E-state index in [0.29, 0.717) is 30.7 Å². The van der Waals surface area contributed by atoms with Crippen molar-refractivity contribution in [1.29, 1.82) is 0 Å². The lowest BCUT2D eigenvalue weighted by molar-refractivity contribution is -0.140. The van der Waals surface area contributed by atoms with E-state index in [1.165, 1.54) is 24.8 Å². The molecule has 1 unspecified atom stereocenters. The van der Waals surface area contributed by atoms with Crippen LogP contribution < -0.4 is 4.72 Å². The Morgan fingerprint density at radius 3 is 2.63 bits per heavy atom. The summed E-state index contributed by atoms with van der Waals surface area (Å²) in [6.45, 7) is 0.0296. The second kappa shape index (κ2) is 9.92. The standard InChI is InChI=1S/C22H26ClNO5S/c1-29-22(26)9-2-16-12-15(10-11-25)13-17-14-19(5-8-21(16)17)24-30(27,28)20-6-3-18(23)4-7-20/h3-4,6-7,12-13,19,24-25H,2,5,8-11,14H2,1H3. The van der Waals surface area contributed by atoms with Crippen molar-refractivity contribution in [2.75, 3.05) is 13.7 Å². The average molecular weight is 452 g/mol. The number of nitrogens with one attached hydrogen (secondary N) is 1. The normalized spacial score (nSPS) is 16.2. The first kappa shape index (κ1) is 22.7. The van der Waals surface area contributed by atoms with Crippen LogP contribution in [0.3, 0.4) is 0 Å². The second-order valence-corrected chi connectivity index (χ2v) is 9.61. The minimum atomic E-state index is -3.64. The summed E-state index contributed by atoms with van der Waals surface area (Å²) in [5.74, 6) is -0.263. The minimum Gasteiger partial charge on any atom is -0.469 e. The van der Waals surface area contributed by atoms with Crippen molar-refractivity contribution in [1.82, 2.24) is 4.72 Å². The lowest BCUT2D eigenvalue weighted by atomic mass is 9.83. The molecule has 1 aliphatic rings. The maximum Gasteiger partial charge on any atom is 0.305 e. The molecule has 2 aromatic carbocycles. The van der Waals surface area contributed by atoms with Gasteiger partial charge in [-0.05, 0) is 78.6 Å². The monoisotopic (exact) mass is 451 g/mol. The predicted octanol–water partition coefficient (Wildman–Crippen LogP) is 2.82. The van der Waals surface area contributed by atoms with Gasteiger partial charge in [0.2, 0.25) is 10.0 Å². The Morgan fingerprint density at radius 1 is 1.23 bits per heavy atom. The molecule has 0 saturated carbocycles. The van der Waals surface area contributed by atoms with Gasteiger partial charge in [-0.15, -0.1) is 0 Å². The number of aryl methyl sites for hydroxylation is 1. The molecular formula is C22H26ClNO5S. The Bertz CT molecular complexity index is 1000. The molecule has 0 spiro atoms. The fourth-order valence-corrected chi connectivity index (χ4v) is 5.29. The van der Waals surface area contributed by atoms with Gasteiger partial charge in [0.1, 0.15) is 0 Å². The van der Waals surface area contributed by atoms with Crippen LogP contribution in [0, 0.1) is 0 Å². The quantitative estimate of drug-likeness (QED) is 0.602. The SMILES string of the molecule is COC(=O)CCc1cc(CCO)cc2c1CCC(NS(=O)(=O)c1ccc(Cl)cc1)C2. The van der Waals surface area contributed by atoms with Gasteiger partial charge in [0.15, 0.2) is 0 Å². The molecule has 0 radical (unpaired) electrons. The number of hydrogen-bond donors (Lipinski definition) is 2. The van der Waals surface area contributed by atoms with Crippen LogP contribution in [0.5, 0.6) is 0 Å². The lowest BCUT2D eigenvalue weighted by Crippen LogP contribution is -2.39. The van der Waals surface area contributed by atoms with Crippen molar-refractivity contribution < 1.29 is 23.1 Å². The average Bonchev–Trinajstić information content (AvgIpc) is 2.71. The van der Waals surface area contributed by atoms with Crippen LogP contribution in [0.15, 0.2) is 41.3 Å². The second-order valence-electron chi connectivity index (χ2n) is 7.46. The smallest absolute Gasteiger partial charge is 0.305 e. The van der Waals surface area contributed by atoms with E-state index >= 15 is 0 Å². The predicted molar refractivity (Wildman–Crippen MR) is 115 cm³/mol. The van der Waals surface area contributed by atoms with Crippen LogP contribution in [0.2, 0.25) is 5.02 Å². The Kier molecular flexibility index (Phi) is 7.52. The Balaban J connectivity index is 1.80. The third-order valence-corrected chi connectivity index (χ3v) is 7.16. The van der Waals surface area contributed by atoms with Gasteiger partial charge in [-0.3, -0.25) is 4.79 Å². The molecule has 3 rings (SSSR count). The minimum absolute atomic E-state index is 0.0296. The van der Waals surface area contributed by atoms with Crippen molar-refractivity contribution in [3.8, 4) is 0 Å². The zero-order valence-corrected chi connectivity index (χ0v) is 18.4. The summed E-state index contributed by atoms with van der Waals surface area (Å²) >= 11 is 5.86. The van der Waals surface area contributed by atoms with Gasteiger partial charge in [-0.2, -0.15) is 0 Å². The molecule has 0 aliphatic heterocycles. The number of esters is 1. The highest BCUT2D eigenvalue weighted by Crippen LogP contribution is 2.29. The van der Waals surface area contributed by atoms with Crippen molar-refractivity contribution >= 4 is 27.6 Å². The van der Waals surface area contributed by atoms with Gasteiger partial charge in [-0.1, -0.05) is 23.7 Å². The van der Waals surface area contributed by atoms with Crippen molar-refractivity contribution in [3.05, 3.63) is 63.7 Å². The van der Waals surface area contributed by atoms with Crippen LogP contribution in [0.4, 0.5) is 0 Å². The Hall–Kier alpha value is -1.93. The zero-order valence-electron chi connectivity index (χ0n) is 16.9. The fourth-order valence-electron chi connectivity index (χ4n) is 3.90. The van der Waals surface area contributed by atoms with E-state index in [1.54, 1.807) is 12.1 Å². The number of aliphatic hydroxyl groups excluding tert-OH is 1. The molecule has 162 valence electrons. The molecule has 8 heteroatoms. The van der Waals surface area contributed by atoms with Gasteiger partial charge >= 0.3 is 5.97 Å². The Labute approximate surface area is 182 Å². The topological polar surface area (TPSA) is 92.7 Å². The van der Waals surface area contributed by atoms with Crippen LogP contribution in [0.25, 0.3) is 0 Å². The number of sulfonamides is 1. The maximum atomic E-state index is 12.7. The fraction of sp³-hybridized carbons (Fsp3) is 0.409. The van der Waals surface area contributed by atoms with E-state index in [0.717, 1.165) is 23.1 Å². The largest absolute Gasteiger partial charge is 0.469 e. The first-order valence-corrected chi connectivity index (χ1v) is 11.8. The Morgan fingerprint density at radius 2 is 1.97 bits per heavy atom. The van der Waals surface area contributed by atoms with Gasteiger partial charge in [0, 0.05) is 24.1 Å². The van der Waals surface area contributed by atoms with Gasteiger partial charge < -0.3 is 9.84 Å². The first-order valence-electron chi connectivity index (χ1n) is 9.91. The van der Waals surface area contributed by atoms with Crippen LogP contribution >= 0.6 is 11.6 Å². The van der Waals surface area contributed by atoms with E-state index in [1.807, 2.05) is 12.1 Å². The number of fused-ring (bicyclic) bond motifs is 1. The third kappa shape index (κ3) is 5.60.